The minimum atomic E-state index is -0.456. The average molecular weight is 212 g/mol. The number of hydrogen-bond donors (Lipinski definition) is 2. The minimum Gasteiger partial charge on any atom is -0.365 e. The first-order valence-corrected chi connectivity index (χ1v) is 5.02. The number of nitrogens with two attached hydrogens (primary N) is 2. The first-order valence-electron chi connectivity index (χ1n) is 4.14. The fraction of sp³-hybridized carbons (Fsp3) is 0.500. The van der Waals surface area contributed by atoms with Crippen LogP contribution in [0.4, 0.5) is 0 Å². The molecule has 0 saturated heterocycles. The number of nitrogens with zero attached hydrogens (tertiary/aromatic N) is 2. The van der Waals surface area contributed by atoms with Gasteiger partial charge in [0, 0.05) is 12.2 Å². The standard InChI is InChI=1S/C8H12N4OS/c1-5-6(7(10)13)14-8(11)12(5)4-2-3-9/h8H,2,4,11H2,1H3,(H2,10,13). The molecule has 1 amide bonds. The number of carbonyl (C=O) groups is 1. The summed E-state index contributed by atoms with van der Waals surface area (Å²) in [7, 11) is 0. The van der Waals surface area contributed by atoms with Crippen LogP contribution in [0.5, 0.6) is 0 Å². The summed E-state index contributed by atoms with van der Waals surface area (Å²) in [6.07, 6.45) is 0.387. The second-order valence-electron chi connectivity index (χ2n) is 2.89. The summed E-state index contributed by atoms with van der Waals surface area (Å²) in [6, 6.07) is 2.03. The van der Waals surface area contributed by atoms with Crippen molar-refractivity contribution in [2.75, 3.05) is 6.54 Å². The lowest BCUT2D eigenvalue weighted by molar-refractivity contribution is -0.113. The molecular weight excluding hydrogens is 200 g/mol. The third kappa shape index (κ3) is 2.00. The Bertz CT molecular complexity index is 320. The van der Waals surface area contributed by atoms with E-state index < -0.39 is 5.91 Å². The lowest BCUT2D eigenvalue weighted by Gasteiger charge is -2.22. The number of hydrogen-bond acceptors (Lipinski definition) is 5. The van der Waals surface area contributed by atoms with E-state index in [-0.39, 0.29) is 5.50 Å². The van der Waals surface area contributed by atoms with E-state index in [9.17, 15) is 4.79 Å². The van der Waals surface area contributed by atoms with E-state index in [0.29, 0.717) is 17.9 Å². The van der Waals surface area contributed by atoms with Gasteiger partial charge in [0.15, 0.2) is 0 Å². The van der Waals surface area contributed by atoms with Gasteiger partial charge in [-0.05, 0) is 6.92 Å². The third-order valence-electron chi connectivity index (χ3n) is 1.99. The zero-order valence-electron chi connectivity index (χ0n) is 7.86. The largest absolute Gasteiger partial charge is 0.365 e. The fourth-order valence-corrected chi connectivity index (χ4v) is 2.33. The summed E-state index contributed by atoms with van der Waals surface area (Å²) in [5, 5.41) is 8.44. The van der Waals surface area contributed by atoms with Crippen molar-refractivity contribution in [3.8, 4) is 6.07 Å². The molecule has 0 bridgehead atoms. The van der Waals surface area contributed by atoms with Crippen LogP contribution in [-0.4, -0.2) is 22.8 Å². The van der Waals surface area contributed by atoms with E-state index >= 15 is 0 Å². The topological polar surface area (TPSA) is 96.1 Å². The summed E-state index contributed by atoms with van der Waals surface area (Å²) < 4.78 is 0. The van der Waals surface area contributed by atoms with Crippen LogP contribution in [0.2, 0.25) is 0 Å². The zero-order chi connectivity index (χ0) is 10.7. The van der Waals surface area contributed by atoms with Crippen LogP contribution in [0.1, 0.15) is 13.3 Å². The van der Waals surface area contributed by atoms with Gasteiger partial charge >= 0.3 is 0 Å². The molecule has 0 aromatic carbocycles. The second kappa shape index (κ2) is 4.35. The van der Waals surface area contributed by atoms with Gasteiger partial charge in [-0.15, -0.1) is 0 Å². The Labute approximate surface area is 86.7 Å². The molecule has 1 unspecified atom stereocenters. The van der Waals surface area contributed by atoms with Crippen molar-refractivity contribution in [1.29, 1.82) is 5.26 Å². The van der Waals surface area contributed by atoms with E-state index in [1.807, 2.05) is 11.0 Å². The maximum atomic E-state index is 11.0. The highest BCUT2D eigenvalue weighted by molar-refractivity contribution is 8.04. The molecular formula is C8H12N4OS. The quantitative estimate of drug-likeness (QED) is 0.681. The van der Waals surface area contributed by atoms with Gasteiger partial charge in [-0.25, -0.2) is 0 Å². The molecule has 0 saturated carbocycles. The summed E-state index contributed by atoms with van der Waals surface area (Å²) >= 11 is 1.24. The van der Waals surface area contributed by atoms with Crippen molar-refractivity contribution in [2.24, 2.45) is 11.5 Å². The normalized spacial score (nSPS) is 21.2. The molecule has 0 aromatic heterocycles. The Morgan fingerprint density at radius 1 is 1.79 bits per heavy atom. The van der Waals surface area contributed by atoms with Crippen LogP contribution < -0.4 is 11.5 Å². The summed E-state index contributed by atoms with van der Waals surface area (Å²) in [5.41, 5.74) is 11.4. The van der Waals surface area contributed by atoms with Gasteiger partial charge in [0.05, 0.1) is 17.4 Å². The van der Waals surface area contributed by atoms with Crippen LogP contribution in [0, 0.1) is 11.3 Å². The van der Waals surface area contributed by atoms with Gasteiger partial charge in [0.1, 0.15) is 5.50 Å². The van der Waals surface area contributed by atoms with E-state index in [1.54, 1.807) is 6.92 Å². The Balaban J connectivity index is 2.77. The monoisotopic (exact) mass is 212 g/mol. The average Bonchev–Trinajstić information content (AvgIpc) is 2.40. The highest BCUT2D eigenvalue weighted by Gasteiger charge is 2.29. The van der Waals surface area contributed by atoms with Gasteiger partial charge in [0.2, 0.25) is 0 Å². The molecule has 1 aliphatic heterocycles. The smallest absolute Gasteiger partial charge is 0.257 e. The lowest BCUT2D eigenvalue weighted by Crippen LogP contribution is -2.35. The molecule has 1 aliphatic rings. The van der Waals surface area contributed by atoms with Crippen LogP contribution in [-0.2, 0) is 4.79 Å². The van der Waals surface area contributed by atoms with Crippen molar-refractivity contribution in [3.63, 3.8) is 0 Å². The summed E-state index contributed by atoms with van der Waals surface area (Å²) in [6.45, 7) is 2.32. The molecule has 0 fully saturated rings. The van der Waals surface area contributed by atoms with Crippen molar-refractivity contribution < 1.29 is 4.79 Å². The molecule has 5 nitrogen and oxygen atoms in total. The predicted octanol–water partition coefficient (Wildman–Crippen LogP) is -0.0920. The van der Waals surface area contributed by atoms with Crippen molar-refractivity contribution in [2.45, 2.75) is 18.8 Å². The van der Waals surface area contributed by atoms with Crippen molar-refractivity contribution in [3.05, 3.63) is 10.6 Å². The number of rotatable bonds is 3. The Hall–Kier alpha value is -1.19. The molecule has 0 aromatic rings. The molecule has 4 N–H and O–H groups in total. The lowest BCUT2D eigenvalue weighted by atomic mass is 10.3. The molecule has 0 radical (unpaired) electrons. The molecule has 1 atom stereocenters. The van der Waals surface area contributed by atoms with E-state index in [0.717, 1.165) is 5.70 Å². The summed E-state index contributed by atoms with van der Waals surface area (Å²) in [4.78, 5) is 13.3. The van der Waals surface area contributed by atoms with E-state index in [4.69, 9.17) is 16.7 Å². The van der Waals surface area contributed by atoms with Gasteiger partial charge in [-0.2, -0.15) is 5.26 Å². The Morgan fingerprint density at radius 2 is 2.43 bits per heavy atom. The predicted molar refractivity (Wildman–Crippen MR) is 54.4 cm³/mol. The fourth-order valence-electron chi connectivity index (χ4n) is 1.29. The highest BCUT2D eigenvalue weighted by atomic mass is 32.2. The number of thioether (sulfide) groups is 1. The zero-order valence-corrected chi connectivity index (χ0v) is 8.67. The number of allylic oxidation sites excluding steroid dienone is 1. The molecule has 14 heavy (non-hydrogen) atoms. The number of nitriles is 1. The number of amides is 1. The SMILES string of the molecule is CC1=C(C(N)=O)SC(N)N1CCC#N. The number of primary amides is 1. The Morgan fingerprint density at radius 3 is 2.86 bits per heavy atom. The molecule has 76 valence electrons. The first kappa shape index (κ1) is 10.9. The maximum Gasteiger partial charge on any atom is 0.257 e. The Kier molecular flexibility index (Phi) is 3.38. The van der Waals surface area contributed by atoms with Crippen molar-refractivity contribution in [1.82, 2.24) is 4.90 Å². The number of carbonyl (C=O) groups excluding carboxylic acids is 1. The second-order valence-corrected chi connectivity index (χ2v) is 4.02. The minimum absolute atomic E-state index is 0.300. The summed E-state index contributed by atoms with van der Waals surface area (Å²) in [5.74, 6) is -0.456. The highest BCUT2D eigenvalue weighted by Crippen LogP contribution is 2.34. The first-order chi connectivity index (χ1) is 6.57. The van der Waals surface area contributed by atoms with Crippen LogP contribution >= 0.6 is 11.8 Å². The van der Waals surface area contributed by atoms with E-state index in [2.05, 4.69) is 0 Å². The molecule has 0 aliphatic carbocycles. The van der Waals surface area contributed by atoms with Gasteiger partial charge in [-0.1, -0.05) is 11.8 Å². The van der Waals surface area contributed by atoms with Crippen LogP contribution in [0.3, 0.4) is 0 Å². The van der Waals surface area contributed by atoms with Crippen molar-refractivity contribution >= 4 is 17.7 Å². The maximum absolute atomic E-state index is 11.0. The van der Waals surface area contributed by atoms with E-state index in [1.165, 1.54) is 11.8 Å². The van der Waals surface area contributed by atoms with Crippen LogP contribution in [0.15, 0.2) is 10.6 Å². The molecule has 1 heterocycles. The molecule has 0 spiro atoms. The van der Waals surface area contributed by atoms with Gasteiger partial charge in [0.25, 0.3) is 5.91 Å². The van der Waals surface area contributed by atoms with Gasteiger partial charge in [-0.3, -0.25) is 4.79 Å². The van der Waals surface area contributed by atoms with Gasteiger partial charge < -0.3 is 16.4 Å². The molecule has 1 rings (SSSR count). The third-order valence-corrected chi connectivity index (χ3v) is 3.22. The van der Waals surface area contributed by atoms with Crippen LogP contribution in [0.25, 0.3) is 0 Å². The molecule has 6 heteroatoms.